The van der Waals surface area contributed by atoms with Crippen LogP contribution in [-0.4, -0.2) is 31.9 Å². The maximum absolute atomic E-state index is 15.2. The number of aromatic nitrogens is 4. The van der Waals surface area contributed by atoms with Gasteiger partial charge in [0.1, 0.15) is 11.2 Å². The summed E-state index contributed by atoms with van der Waals surface area (Å²) in [6.45, 7) is 2.70. The van der Waals surface area contributed by atoms with Crippen molar-refractivity contribution in [2.75, 3.05) is 4.90 Å². The number of halogens is 6. The lowest BCUT2D eigenvalue weighted by molar-refractivity contribution is -0.137. The molecule has 2 aromatic carbocycles. The molecule has 0 unspecified atom stereocenters. The van der Waals surface area contributed by atoms with Crippen molar-refractivity contribution >= 4 is 11.6 Å². The first-order chi connectivity index (χ1) is 19.6. The molecule has 218 valence electrons. The molecule has 0 bridgehead atoms. The molecule has 2 aromatic heterocycles. The molecule has 0 radical (unpaired) electrons. The Morgan fingerprint density at radius 2 is 1.86 bits per heavy atom. The number of hydrogen-bond donors (Lipinski definition) is 1. The van der Waals surface area contributed by atoms with Crippen molar-refractivity contribution < 1.29 is 35.6 Å². The molecule has 9 nitrogen and oxygen atoms in total. The van der Waals surface area contributed by atoms with Gasteiger partial charge in [-0.3, -0.25) is 4.79 Å². The van der Waals surface area contributed by atoms with Gasteiger partial charge in [-0.25, -0.2) is 17.9 Å². The summed E-state index contributed by atoms with van der Waals surface area (Å²) in [5.41, 5.74) is 2.84. The Bertz CT molecular complexity index is 1700. The molecule has 3 heterocycles. The summed E-state index contributed by atoms with van der Waals surface area (Å²) < 4.78 is 91.0. The van der Waals surface area contributed by atoms with Crippen LogP contribution in [0.2, 0.25) is 0 Å². The molecule has 0 aliphatic carbocycles. The fraction of sp³-hybridized carbons (Fsp3) is 0.296. The van der Waals surface area contributed by atoms with Crippen LogP contribution in [0.25, 0.3) is 17.1 Å². The quantitative estimate of drug-likeness (QED) is 0.316. The van der Waals surface area contributed by atoms with Gasteiger partial charge >= 0.3 is 6.18 Å². The van der Waals surface area contributed by atoms with E-state index in [1.165, 1.54) is 38.1 Å². The van der Waals surface area contributed by atoms with Crippen molar-refractivity contribution in [3.63, 3.8) is 0 Å². The summed E-state index contributed by atoms with van der Waals surface area (Å²) in [5, 5.41) is 20.6. The van der Waals surface area contributed by atoms with Gasteiger partial charge in [-0.15, -0.1) is 10.2 Å². The zero-order chi connectivity index (χ0) is 30.6. The smallest absolute Gasteiger partial charge is 0.419 e. The van der Waals surface area contributed by atoms with E-state index in [1.54, 1.807) is 0 Å². The molecule has 42 heavy (non-hydrogen) atoms. The number of carbonyl (C=O) groups is 1. The van der Waals surface area contributed by atoms with Crippen molar-refractivity contribution in [3.8, 4) is 23.2 Å². The van der Waals surface area contributed by atoms with E-state index in [0.717, 1.165) is 21.8 Å². The summed E-state index contributed by atoms with van der Waals surface area (Å²) in [6, 6.07) is 7.73. The number of hydrogen-bond acceptors (Lipinski definition) is 7. The number of benzene rings is 2. The Kier molecular flexibility index (Phi) is 6.85. The summed E-state index contributed by atoms with van der Waals surface area (Å²) in [5.74, 6) is -6.19. The predicted molar refractivity (Wildman–Crippen MR) is 135 cm³/mol. The maximum atomic E-state index is 15.2. The second-order valence-corrected chi connectivity index (χ2v) is 10.3. The minimum Gasteiger partial charge on any atom is -0.419 e. The fourth-order valence-electron chi connectivity index (χ4n) is 4.38. The Balaban J connectivity index is 1.54. The number of nitriles is 1. The lowest BCUT2D eigenvalue weighted by Crippen LogP contribution is -2.43. The fourth-order valence-corrected chi connectivity index (χ4v) is 4.38. The Morgan fingerprint density at radius 3 is 2.48 bits per heavy atom. The van der Waals surface area contributed by atoms with E-state index >= 15 is 13.2 Å². The second kappa shape index (κ2) is 9.98. The number of amides is 1. The van der Waals surface area contributed by atoms with Crippen molar-refractivity contribution in [2.45, 2.75) is 50.4 Å². The Hall–Kier alpha value is -4.71. The molecule has 0 fully saturated rings. The number of nitrogens with two attached hydrogens (primary N) is 1. The number of anilines is 1. The molecule has 1 aliphatic heterocycles. The van der Waals surface area contributed by atoms with E-state index in [2.05, 4.69) is 15.3 Å². The van der Waals surface area contributed by atoms with Gasteiger partial charge in [-0.2, -0.15) is 23.5 Å². The summed E-state index contributed by atoms with van der Waals surface area (Å²) in [6.07, 6.45) is -4.17. The highest BCUT2D eigenvalue weighted by Gasteiger charge is 2.45. The number of carbonyl (C=O) groups excluding carboxylic acids is 1. The number of rotatable bonds is 5. The van der Waals surface area contributed by atoms with E-state index in [-0.39, 0.29) is 35.3 Å². The number of nitrogens with zero attached hydrogens (tertiary/aromatic N) is 6. The molecular weight excluding hydrogens is 568 g/mol. The monoisotopic (exact) mass is 589 g/mol. The summed E-state index contributed by atoms with van der Waals surface area (Å²) in [7, 11) is 0. The summed E-state index contributed by atoms with van der Waals surface area (Å²) >= 11 is 0. The van der Waals surface area contributed by atoms with Gasteiger partial charge in [0.05, 0.1) is 47.4 Å². The SMILES string of the molecule is CC(C)(C#N)c1nnc(-c2cc3c(cc2F)C(F)(F)C[C@@H](N)C(=O)N3Cc2ccc(-n3cc(C(F)(F)F)cn3)cc2)o1. The summed E-state index contributed by atoms with van der Waals surface area (Å²) in [4.78, 5) is 14.2. The van der Waals surface area contributed by atoms with E-state index < -0.39 is 52.8 Å². The topological polar surface area (TPSA) is 127 Å². The van der Waals surface area contributed by atoms with Gasteiger partial charge in [0.25, 0.3) is 11.8 Å². The van der Waals surface area contributed by atoms with Gasteiger partial charge in [0.2, 0.25) is 11.8 Å². The molecule has 1 atom stereocenters. The van der Waals surface area contributed by atoms with Crippen molar-refractivity contribution in [1.82, 2.24) is 20.0 Å². The molecule has 0 saturated heterocycles. The lowest BCUT2D eigenvalue weighted by atomic mass is 9.96. The normalized spacial score (nSPS) is 17.1. The molecular formula is C27H21F6N7O2. The van der Waals surface area contributed by atoms with Crippen LogP contribution in [0.3, 0.4) is 0 Å². The van der Waals surface area contributed by atoms with E-state index in [0.29, 0.717) is 17.8 Å². The van der Waals surface area contributed by atoms with Gasteiger partial charge < -0.3 is 15.1 Å². The van der Waals surface area contributed by atoms with Gasteiger partial charge in [-0.1, -0.05) is 12.1 Å². The van der Waals surface area contributed by atoms with Crippen LogP contribution in [0.1, 0.15) is 42.8 Å². The lowest BCUT2D eigenvalue weighted by Gasteiger charge is -2.25. The molecule has 1 amide bonds. The van der Waals surface area contributed by atoms with Crippen LogP contribution in [-0.2, 0) is 28.9 Å². The predicted octanol–water partition coefficient (Wildman–Crippen LogP) is 5.24. The highest BCUT2D eigenvalue weighted by molar-refractivity contribution is 5.99. The van der Waals surface area contributed by atoms with Crippen molar-refractivity contribution in [1.29, 1.82) is 5.26 Å². The van der Waals surface area contributed by atoms with Crippen LogP contribution < -0.4 is 10.6 Å². The van der Waals surface area contributed by atoms with Crippen LogP contribution in [0.5, 0.6) is 0 Å². The molecule has 1 aliphatic rings. The van der Waals surface area contributed by atoms with Crippen LogP contribution in [0, 0.1) is 17.1 Å². The zero-order valence-electron chi connectivity index (χ0n) is 22.0. The molecule has 0 saturated carbocycles. The third-order valence-electron chi connectivity index (χ3n) is 6.75. The van der Waals surface area contributed by atoms with Gasteiger partial charge in [0.15, 0.2) is 0 Å². The zero-order valence-corrected chi connectivity index (χ0v) is 22.0. The van der Waals surface area contributed by atoms with Crippen LogP contribution in [0.15, 0.2) is 53.2 Å². The minimum atomic E-state index is -4.58. The maximum Gasteiger partial charge on any atom is 0.419 e. The molecule has 5 rings (SSSR count). The molecule has 4 aromatic rings. The molecule has 2 N–H and O–H groups in total. The second-order valence-electron chi connectivity index (χ2n) is 10.3. The van der Waals surface area contributed by atoms with E-state index in [9.17, 15) is 23.2 Å². The van der Waals surface area contributed by atoms with Crippen molar-refractivity contribution in [2.24, 2.45) is 5.73 Å². The van der Waals surface area contributed by atoms with Gasteiger partial charge in [-0.05, 0) is 43.7 Å². The number of alkyl halides is 5. The average molecular weight is 590 g/mol. The third kappa shape index (κ3) is 5.20. The third-order valence-corrected chi connectivity index (χ3v) is 6.75. The first kappa shape index (κ1) is 28.8. The van der Waals surface area contributed by atoms with Gasteiger partial charge in [0, 0.05) is 18.2 Å². The van der Waals surface area contributed by atoms with Crippen molar-refractivity contribution in [3.05, 3.63) is 77.2 Å². The Morgan fingerprint density at radius 1 is 1.17 bits per heavy atom. The largest absolute Gasteiger partial charge is 0.419 e. The first-order valence-corrected chi connectivity index (χ1v) is 12.4. The highest BCUT2D eigenvalue weighted by atomic mass is 19.4. The Labute approximate surface area is 234 Å². The first-order valence-electron chi connectivity index (χ1n) is 12.4. The standard InChI is InChI=1S/C27H21F6N7O2/c1-25(2,13-34)24-38-37-22(42-24)17-7-21-18(8-19(17)28)26(29,30)9-20(35)23(41)39(21)11-14-3-5-16(6-4-14)40-12-15(10-36-40)27(31,32)33/h3-8,10,12,20H,9,11,35H2,1-2H3/t20-/m1/s1. The van der Waals surface area contributed by atoms with Crippen LogP contribution >= 0.6 is 0 Å². The van der Waals surface area contributed by atoms with Crippen LogP contribution in [0.4, 0.5) is 32.0 Å². The average Bonchev–Trinajstić information content (AvgIpc) is 3.61. The number of fused-ring (bicyclic) bond motifs is 1. The molecule has 15 heteroatoms. The minimum absolute atomic E-state index is 0.130. The van der Waals surface area contributed by atoms with E-state index in [4.69, 9.17) is 10.2 Å². The molecule has 0 spiro atoms. The van der Waals surface area contributed by atoms with E-state index in [1.807, 2.05) is 6.07 Å². The highest BCUT2D eigenvalue weighted by Crippen LogP contribution is 2.45.